The third kappa shape index (κ3) is 4.67. The number of hydrogen-bond donors (Lipinski definition) is 4. The SMILES string of the molecule is Cc1nn(-c2cc(-n3nc(C)c(/N=N/c4c(C(N)=O)cnn4C)c3N)ncn2)c(N)c1/N=N/c1c(C(N)=O)cnn1C. The maximum Gasteiger partial charge on any atom is 0.254 e. The van der Waals surface area contributed by atoms with Crippen molar-refractivity contribution in [1.29, 1.82) is 0 Å². The molecule has 0 aliphatic rings. The first-order valence-electron chi connectivity index (χ1n) is 12.0. The summed E-state index contributed by atoms with van der Waals surface area (Å²) in [4.78, 5) is 31.9. The molecule has 0 saturated carbocycles. The van der Waals surface area contributed by atoms with Gasteiger partial charge >= 0.3 is 0 Å². The average molecular weight is 573 g/mol. The van der Waals surface area contributed by atoms with Crippen LogP contribution in [0.5, 0.6) is 0 Å². The quantitative estimate of drug-likeness (QED) is 0.192. The predicted octanol–water partition coefficient (Wildman–Crippen LogP) is 1.12. The summed E-state index contributed by atoms with van der Waals surface area (Å²) in [6.45, 7) is 3.36. The van der Waals surface area contributed by atoms with E-state index >= 15 is 0 Å². The lowest BCUT2D eigenvalue weighted by Gasteiger charge is -2.06. The lowest BCUT2D eigenvalue weighted by molar-refractivity contribution is 0.0992. The van der Waals surface area contributed by atoms with Gasteiger partial charge in [-0.15, -0.1) is 20.5 Å². The van der Waals surface area contributed by atoms with Gasteiger partial charge in [0.2, 0.25) is 0 Å². The Morgan fingerprint density at radius 1 is 0.714 bits per heavy atom. The second-order valence-electron chi connectivity index (χ2n) is 8.84. The number of nitrogens with two attached hydrogens (primary N) is 4. The number of amides is 2. The highest BCUT2D eigenvalue weighted by Crippen LogP contribution is 2.33. The summed E-state index contributed by atoms with van der Waals surface area (Å²) in [6, 6.07) is 1.55. The molecule has 0 radical (unpaired) electrons. The molecule has 0 unspecified atom stereocenters. The van der Waals surface area contributed by atoms with Gasteiger partial charge in [-0.1, -0.05) is 0 Å². The molecule has 8 N–H and O–H groups in total. The van der Waals surface area contributed by atoms with E-state index < -0.39 is 11.8 Å². The molecule has 0 atom stereocenters. The van der Waals surface area contributed by atoms with Crippen molar-refractivity contribution in [3.8, 4) is 11.6 Å². The van der Waals surface area contributed by atoms with E-state index in [9.17, 15) is 9.59 Å². The second kappa shape index (κ2) is 10.3. The van der Waals surface area contributed by atoms with E-state index in [2.05, 4.69) is 50.8 Å². The van der Waals surface area contributed by atoms with Crippen molar-refractivity contribution < 1.29 is 9.59 Å². The molecule has 5 rings (SSSR count). The fourth-order valence-corrected chi connectivity index (χ4v) is 3.88. The zero-order chi connectivity index (χ0) is 30.3. The van der Waals surface area contributed by atoms with E-state index in [0.29, 0.717) is 11.4 Å². The Morgan fingerprint density at radius 2 is 1.12 bits per heavy atom. The van der Waals surface area contributed by atoms with Gasteiger partial charge in [-0.25, -0.2) is 19.3 Å². The molecule has 0 saturated heterocycles. The van der Waals surface area contributed by atoms with E-state index in [1.54, 1.807) is 34.0 Å². The first-order valence-corrected chi connectivity index (χ1v) is 12.0. The minimum absolute atomic E-state index is 0.102. The number of azo groups is 2. The number of primary amides is 2. The van der Waals surface area contributed by atoms with Gasteiger partial charge in [0.1, 0.15) is 17.5 Å². The maximum atomic E-state index is 11.7. The summed E-state index contributed by atoms with van der Waals surface area (Å²) in [5.41, 5.74) is 25.0. The maximum absolute atomic E-state index is 11.7. The van der Waals surface area contributed by atoms with Crippen LogP contribution >= 0.6 is 0 Å². The molecule has 20 heteroatoms. The molecule has 0 aliphatic carbocycles. The highest BCUT2D eigenvalue weighted by molar-refractivity contribution is 5.97. The number of nitrogen functional groups attached to an aromatic ring is 2. The molecule has 2 amide bonds. The summed E-state index contributed by atoms with van der Waals surface area (Å²) >= 11 is 0. The van der Waals surface area contributed by atoms with Crippen LogP contribution in [0, 0.1) is 13.8 Å². The molecule has 5 aromatic rings. The smallest absolute Gasteiger partial charge is 0.254 e. The van der Waals surface area contributed by atoms with Crippen LogP contribution in [0.4, 0.5) is 34.6 Å². The number of aryl methyl sites for hydroxylation is 4. The summed E-state index contributed by atoms with van der Waals surface area (Å²) in [5.74, 6) is -0.301. The average Bonchev–Trinajstić information content (AvgIpc) is 3.66. The van der Waals surface area contributed by atoms with E-state index in [-0.39, 0.29) is 57.4 Å². The summed E-state index contributed by atoms with van der Waals surface area (Å²) < 4.78 is 5.39. The Balaban J connectivity index is 1.48. The molecular weight excluding hydrogens is 548 g/mol. The van der Waals surface area contributed by atoms with E-state index in [1.807, 2.05) is 0 Å². The van der Waals surface area contributed by atoms with E-state index in [0.717, 1.165) is 0 Å². The van der Waals surface area contributed by atoms with Crippen LogP contribution in [-0.2, 0) is 14.1 Å². The first-order chi connectivity index (χ1) is 20.0. The molecule has 0 bridgehead atoms. The minimum Gasteiger partial charge on any atom is -0.382 e. The second-order valence-corrected chi connectivity index (χ2v) is 8.84. The predicted molar refractivity (Wildman–Crippen MR) is 146 cm³/mol. The van der Waals surface area contributed by atoms with Crippen LogP contribution in [0.15, 0.2) is 45.2 Å². The fraction of sp³-hybridized carbons (Fsp3) is 0.182. The van der Waals surface area contributed by atoms with Gasteiger partial charge in [-0.3, -0.25) is 9.59 Å². The molecule has 0 spiro atoms. The number of carbonyl (C=O) groups excluding carboxylic acids is 2. The molecule has 214 valence electrons. The third-order valence-electron chi connectivity index (χ3n) is 6.03. The van der Waals surface area contributed by atoms with Crippen LogP contribution < -0.4 is 22.9 Å². The summed E-state index contributed by atoms with van der Waals surface area (Å²) in [7, 11) is 3.19. The Labute approximate surface area is 235 Å². The lowest BCUT2D eigenvalue weighted by Crippen LogP contribution is -2.10. The van der Waals surface area contributed by atoms with E-state index in [1.165, 1.54) is 37.4 Å². The Morgan fingerprint density at radius 3 is 1.50 bits per heavy atom. The monoisotopic (exact) mass is 572 g/mol. The van der Waals surface area contributed by atoms with Crippen molar-refractivity contribution >= 4 is 46.5 Å². The molecule has 42 heavy (non-hydrogen) atoms. The summed E-state index contributed by atoms with van der Waals surface area (Å²) in [5, 5.41) is 33.4. The van der Waals surface area contributed by atoms with Crippen LogP contribution in [0.3, 0.4) is 0 Å². The molecule has 5 heterocycles. The van der Waals surface area contributed by atoms with Gasteiger partial charge in [0.05, 0.1) is 23.8 Å². The van der Waals surface area contributed by atoms with Crippen molar-refractivity contribution in [2.24, 2.45) is 46.0 Å². The summed E-state index contributed by atoms with van der Waals surface area (Å²) in [6.07, 6.45) is 3.88. The molecule has 20 nitrogen and oxygen atoms in total. The molecule has 5 aromatic heterocycles. The van der Waals surface area contributed by atoms with Crippen LogP contribution in [0.2, 0.25) is 0 Å². The Kier molecular flexibility index (Phi) is 6.70. The zero-order valence-electron chi connectivity index (χ0n) is 22.7. The van der Waals surface area contributed by atoms with Gasteiger partial charge in [-0.05, 0) is 13.8 Å². The molecule has 0 fully saturated rings. The van der Waals surface area contributed by atoms with Crippen LogP contribution in [0.25, 0.3) is 11.6 Å². The van der Waals surface area contributed by atoms with Crippen molar-refractivity contribution in [3.63, 3.8) is 0 Å². The van der Waals surface area contributed by atoms with Crippen LogP contribution in [-0.4, -0.2) is 60.9 Å². The van der Waals surface area contributed by atoms with Crippen molar-refractivity contribution in [2.75, 3.05) is 11.5 Å². The number of aromatic nitrogens is 10. The van der Waals surface area contributed by atoms with Crippen molar-refractivity contribution in [2.45, 2.75) is 13.8 Å². The largest absolute Gasteiger partial charge is 0.382 e. The van der Waals surface area contributed by atoms with Gasteiger partial charge in [0.15, 0.2) is 46.3 Å². The number of nitrogens with zero attached hydrogens (tertiary/aromatic N) is 14. The van der Waals surface area contributed by atoms with Gasteiger partial charge < -0.3 is 22.9 Å². The number of rotatable bonds is 8. The minimum atomic E-state index is -0.698. The highest BCUT2D eigenvalue weighted by atomic mass is 16.1. The van der Waals surface area contributed by atoms with Crippen LogP contribution in [0.1, 0.15) is 32.1 Å². The van der Waals surface area contributed by atoms with Crippen molar-refractivity contribution in [3.05, 3.63) is 47.3 Å². The van der Waals surface area contributed by atoms with Gasteiger partial charge in [0, 0.05) is 20.2 Å². The molecular formula is C22H24N18O2. The Bertz CT molecular complexity index is 1790. The zero-order valence-corrected chi connectivity index (χ0v) is 22.7. The number of hydrogen-bond acceptors (Lipinski definition) is 14. The topological polar surface area (TPSA) is 285 Å². The van der Waals surface area contributed by atoms with E-state index in [4.69, 9.17) is 22.9 Å². The Hall–Kier alpha value is -6.34. The fourth-order valence-electron chi connectivity index (χ4n) is 3.88. The standard InChI is InChI=1S/C22H24N18O2/c1-9-15(31-33-21-11(19(25)41)6-29-37(21)3)17(23)39(35-9)13-5-14(28-8-27-13)40-18(24)16(10(2)36-40)32-34-22-12(20(26)42)7-30-38(22)4/h5-8H,23-24H2,1-4H3,(H2,25,41)(H2,26,42)/b33-31+,34-32+. The third-order valence-corrected chi connectivity index (χ3v) is 6.03. The molecule has 0 aliphatic heterocycles. The normalized spacial score (nSPS) is 11.7. The number of carbonyl (C=O) groups is 2. The first kappa shape index (κ1) is 27.2. The van der Waals surface area contributed by atoms with Gasteiger partial charge in [-0.2, -0.15) is 29.8 Å². The lowest BCUT2D eigenvalue weighted by atomic mass is 10.3. The molecule has 0 aromatic carbocycles. The highest BCUT2D eigenvalue weighted by Gasteiger charge is 2.20. The van der Waals surface area contributed by atoms with Crippen molar-refractivity contribution in [1.82, 2.24) is 49.1 Å². The number of anilines is 2. The van der Waals surface area contributed by atoms with Gasteiger partial charge in [0.25, 0.3) is 11.8 Å².